The number of hydrogen-bond donors (Lipinski definition) is 6. The maximum atomic E-state index is 15.4. The van der Waals surface area contributed by atoms with Crippen molar-refractivity contribution in [1.29, 1.82) is 0 Å². The monoisotopic (exact) mass is 1120 g/mol. The van der Waals surface area contributed by atoms with E-state index in [0.717, 1.165) is 43.0 Å². The zero-order valence-corrected chi connectivity index (χ0v) is 48.1. The molecule has 1 fully saturated rings. The van der Waals surface area contributed by atoms with Crippen molar-refractivity contribution in [3.8, 4) is 11.1 Å². The molecule has 3 aromatic rings. The highest BCUT2D eigenvalue weighted by Crippen LogP contribution is 2.42. The number of rotatable bonds is 34. The molecule has 0 saturated carbocycles. The summed E-state index contributed by atoms with van der Waals surface area (Å²) in [5, 5.41) is 22.8. The van der Waals surface area contributed by atoms with Crippen LogP contribution in [-0.2, 0) is 49.7 Å². The van der Waals surface area contributed by atoms with Gasteiger partial charge in [0.05, 0.1) is 11.8 Å². The van der Waals surface area contributed by atoms with Crippen LogP contribution in [0.1, 0.15) is 144 Å². The molecule has 2 heterocycles. The lowest BCUT2D eigenvalue weighted by Gasteiger charge is -2.41. The minimum Gasteiger partial charge on any atom is -0.480 e. The summed E-state index contributed by atoms with van der Waals surface area (Å²) in [4.78, 5) is 119. The molecular weight excluding hydrogens is 1040 g/mol. The molecule has 434 valence electrons. The third-order valence-electron chi connectivity index (χ3n) is 14.0. The second-order valence-electron chi connectivity index (χ2n) is 21.8. The van der Waals surface area contributed by atoms with Gasteiger partial charge in [0.25, 0.3) is 0 Å². The van der Waals surface area contributed by atoms with Gasteiger partial charge in [-0.15, -0.1) is 0 Å². The predicted molar refractivity (Wildman–Crippen MR) is 299 cm³/mol. The summed E-state index contributed by atoms with van der Waals surface area (Å²) in [5.41, 5.74) is 0.943. The van der Waals surface area contributed by atoms with Crippen molar-refractivity contribution in [3.05, 3.63) is 83.7 Å². The number of amides is 7. The van der Waals surface area contributed by atoms with Gasteiger partial charge in [-0.1, -0.05) is 85.2 Å². The smallest absolute Gasteiger partial charge is 0.326 e. The second kappa shape index (κ2) is 30.6. The van der Waals surface area contributed by atoms with Gasteiger partial charge in [-0.2, -0.15) is 11.8 Å². The van der Waals surface area contributed by atoms with Crippen LogP contribution in [0, 0.1) is 23.0 Å². The van der Waals surface area contributed by atoms with Crippen molar-refractivity contribution < 1.29 is 57.0 Å². The topological polar surface area (TPSA) is 245 Å². The molecule has 7 amide bonds. The first-order valence-corrected chi connectivity index (χ1v) is 28.5. The molecule has 0 aliphatic carbocycles. The average Bonchev–Trinajstić information content (AvgIpc) is 3.82. The number of thioether (sulfide) groups is 1. The highest BCUT2D eigenvalue weighted by Gasteiger charge is 2.56. The van der Waals surface area contributed by atoms with E-state index in [0.29, 0.717) is 30.8 Å². The minimum absolute atomic E-state index is 0.0126. The van der Waals surface area contributed by atoms with Gasteiger partial charge in [0, 0.05) is 93.6 Å². The van der Waals surface area contributed by atoms with Gasteiger partial charge in [-0.25, -0.2) is 13.6 Å². The van der Waals surface area contributed by atoms with E-state index in [9.17, 15) is 52.6 Å². The maximum absolute atomic E-state index is 15.4. The first-order valence-electron chi connectivity index (χ1n) is 27.4. The SMILES string of the molecule is CCC(=O)C[C@H](NC(=O)CCNC(=O)CCSCC(=O)N(CCCNC(=O)[C@H](C)NC(=O)C(NC(=O)CCCCCN1C(=O)C1(C)CC)C(C)C)[C@@H](c1cc(-c2cc(F)ccc2F)cn1Cc1ccccc1)C(C)(C)C)C(=O)O. The second-order valence-corrected chi connectivity index (χ2v) is 22.9. The van der Waals surface area contributed by atoms with E-state index in [1.165, 1.54) is 18.7 Å². The Hall–Kier alpha value is -6.64. The first-order chi connectivity index (χ1) is 37.3. The summed E-state index contributed by atoms with van der Waals surface area (Å²) in [6.07, 6.45) is 4.60. The largest absolute Gasteiger partial charge is 0.480 e. The van der Waals surface area contributed by atoms with E-state index in [4.69, 9.17) is 0 Å². The third kappa shape index (κ3) is 19.9. The van der Waals surface area contributed by atoms with Crippen molar-refractivity contribution in [2.24, 2.45) is 11.3 Å². The molecule has 18 nitrogen and oxygen atoms in total. The molecule has 1 aliphatic heterocycles. The van der Waals surface area contributed by atoms with E-state index in [-0.39, 0.29) is 110 Å². The molecule has 4 rings (SSSR count). The summed E-state index contributed by atoms with van der Waals surface area (Å²) in [5.74, 6) is -5.55. The number of nitrogens with one attached hydrogen (secondary N) is 5. The molecule has 5 atom stereocenters. The molecule has 2 aromatic carbocycles. The zero-order chi connectivity index (χ0) is 58.6. The highest BCUT2D eigenvalue weighted by molar-refractivity contribution is 7.99. The number of unbranched alkanes of at least 4 members (excludes halogenated alkanes) is 2. The Bertz CT molecular complexity index is 2610. The van der Waals surface area contributed by atoms with Crippen LogP contribution in [0.5, 0.6) is 0 Å². The van der Waals surface area contributed by atoms with Crippen molar-refractivity contribution in [2.45, 2.75) is 163 Å². The molecule has 0 bridgehead atoms. The number of hydrogen-bond acceptors (Lipinski definition) is 10. The van der Waals surface area contributed by atoms with Gasteiger partial charge < -0.3 is 46.1 Å². The molecule has 0 spiro atoms. The van der Waals surface area contributed by atoms with E-state index < -0.39 is 70.8 Å². The summed E-state index contributed by atoms with van der Waals surface area (Å²) < 4.78 is 32.0. The van der Waals surface area contributed by atoms with Gasteiger partial charge in [0.1, 0.15) is 41.1 Å². The van der Waals surface area contributed by atoms with Crippen LogP contribution in [0.2, 0.25) is 0 Å². The number of aliphatic carboxylic acids is 1. The highest BCUT2D eigenvalue weighted by atomic mass is 32.2. The van der Waals surface area contributed by atoms with E-state index in [1.807, 2.05) is 74.4 Å². The molecule has 6 N–H and O–H groups in total. The van der Waals surface area contributed by atoms with Crippen LogP contribution in [0.15, 0.2) is 60.8 Å². The van der Waals surface area contributed by atoms with Crippen molar-refractivity contribution in [3.63, 3.8) is 0 Å². The number of benzene rings is 2. The fraction of sp³-hybridized carbons (Fsp3) is 0.569. The van der Waals surface area contributed by atoms with E-state index >= 15 is 4.39 Å². The molecular formula is C58H82F2N8O10S. The quantitative estimate of drug-likeness (QED) is 0.0272. The number of carbonyl (C=O) groups excluding carboxylic acids is 8. The molecule has 0 radical (unpaired) electrons. The Labute approximate surface area is 467 Å². The Balaban J connectivity index is 1.45. The molecule has 21 heteroatoms. The Morgan fingerprint density at radius 2 is 1.49 bits per heavy atom. The van der Waals surface area contributed by atoms with Gasteiger partial charge >= 0.3 is 5.97 Å². The van der Waals surface area contributed by atoms with E-state index in [1.54, 1.807) is 37.9 Å². The maximum Gasteiger partial charge on any atom is 0.326 e. The lowest BCUT2D eigenvalue weighted by atomic mass is 9.83. The average molecular weight is 1120 g/mol. The number of Topliss-reactive ketones (excluding diaryl/α,β-unsaturated/α-hetero) is 1. The summed E-state index contributed by atoms with van der Waals surface area (Å²) in [7, 11) is 0. The van der Waals surface area contributed by atoms with Crippen LogP contribution in [-0.4, -0.2) is 134 Å². The molecule has 1 aliphatic rings. The Kier molecular flexibility index (Phi) is 25.2. The van der Waals surface area contributed by atoms with Gasteiger partial charge in [0.2, 0.25) is 41.4 Å². The standard InChI is InChI=1S/C58H82F2N8O10S/c1-10-42(69)33-45(55(76)77)64-49(72)24-27-61-47(70)25-30-79-36-50(73)67(52(57(6,7)8)46-31-40(43-32-41(59)22-23-44(43)60)35-66(46)34-39-19-14-12-15-20-39)28-18-26-62-53(74)38(5)63-54(75)51(37(3)4)65-48(71)21-16-13-17-29-68-56(78)58(68,9)11-2/h12,14-15,19-20,22-23,31-32,35,37-38,45,51-52H,10-11,13,16-18,21,24-30,33-34,36H2,1-9H3,(H,61,70)(H,62,74)(H,63,75)(H,64,72)(H,65,71)(H,76,77)/t38-,45-,51?,52-,58?,68?/m0/s1. The first kappa shape index (κ1) is 64.9. The van der Waals surface area contributed by atoms with Crippen LogP contribution < -0.4 is 26.6 Å². The summed E-state index contributed by atoms with van der Waals surface area (Å²) in [6.45, 7) is 17.6. The molecule has 1 aromatic heterocycles. The lowest BCUT2D eigenvalue weighted by molar-refractivity contribution is -0.143. The number of carbonyl (C=O) groups is 9. The fourth-order valence-electron chi connectivity index (χ4n) is 9.24. The predicted octanol–water partition coefficient (Wildman–Crippen LogP) is 6.69. The van der Waals surface area contributed by atoms with Crippen molar-refractivity contribution >= 4 is 64.9 Å². The van der Waals surface area contributed by atoms with Gasteiger partial charge in [-0.3, -0.25) is 38.4 Å². The minimum atomic E-state index is -1.38. The number of nitrogens with zero attached hydrogens (tertiary/aromatic N) is 3. The number of ketones is 1. The zero-order valence-electron chi connectivity index (χ0n) is 47.3. The van der Waals surface area contributed by atoms with Crippen LogP contribution in [0.3, 0.4) is 0 Å². The third-order valence-corrected chi connectivity index (χ3v) is 15.0. The summed E-state index contributed by atoms with van der Waals surface area (Å²) >= 11 is 1.21. The van der Waals surface area contributed by atoms with Crippen molar-refractivity contribution in [1.82, 2.24) is 41.0 Å². The molecule has 1 saturated heterocycles. The van der Waals surface area contributed by atoms with Gasteiger partial charge in [-0.05, 0) is 80.7 Å². The Morgan fingerprint density at radius 1 is 0.797 bits per heavy atom. The number of carboxylic acid groups (broad SMARTS) is 1. The molecule has 79 heavy (non-hydrogen) atoms. The summed E-state index contributed by atoms with van der Waals surface area (Å²) in [6, 6.07) is 10.6. The lowest BCUT2D eigenvalue weighted by Crippen LogP contribution is -2.54. The van der Waals surface area contributed by atoms with Crippen LogP contribution in [0.4, 0.5) is 8.78 Å². The van der Waals surface area contributed by atoms with Gasteiger partial charge in [0.15, 0.2) is 0 Å². The molecule has 2 unspecified atom stereocenters. The number of carboxylic acids is 1. The normalized spacial score (nSPS) is 15.6. The van der Waals surface area contributed by atoms with Crippen molar-refractivity contribution in [2.75, 3.05) is 37.7 Å². The number of halogens is 2. The van der Waals surface area contributed by atoms with Crippen LogP contribution >= 0.6 is 11.8 Å². The number of aromatic nitrogens is 1. The Morgan fingerprint density at radius 3 is 2.13 bits per heavy atom. The van der Waals surface area contributed by atoms with Crippen LogP contribution in [0.25, 0.3) is 11.1 Å². The fourth-order valence-corrected chi connectivity index (χ4v) is 10.1. The van der Waals surface area contributed by atoms with E-state index in [2.05, 4.69) is 26.6 Å².